The summed E-state index contributed by atoms with van der Waals surface area (Å²) in [4.78, 5) is 31.7. The number of benzene rings is 1. The van der Waals surface area contributed by atoms with Crippen LogP contribution in [0.1, 0.15) is 18.5 Å². The topological polar surface area (TPSA) is 66.7 Å². The fourth-order valence-corrected chi connectivity index (χ4v) is 3.97. The number of hydrogen-bond donors (Lipinski definition) is 1. The molecule has 1 N–H and O–H groups in total. The summed E-state index contributed by atoms with van der Waals surface area (Å²) in [5.74, 6) is -0.126. The number of nitrogens with one attached hydrogen (secondary N) is 1. The first-order valence-corrected chi connectivity index (χ1v) is 9.74. The molecule has 28 heavy (non-hydrogen) atoms. The second-order valence-corrected chi connectivity index (χ2v) is 7.60. The Balaban J connectivity index is 1.52. The molecule has 1 saturated heterocycles. The fraction of sp³-hybridized carbons (Fsp3) is 0.250. The van der Waals surface area contributed by atoms with Crippen LogP contribution in [0.15, 0.2) is 53.5 Å². The fourth-order valence-electron chi connectivity index (χ4n) is 3.51. The highest BCUT2D eigenvalue weighted by atomic mass is 35.5. The molecule has 1 aliphatic rings. The van der Waals surface area contributed by atoms with E-state index in [0.717, 1.165) is 19.4 Å². The number of hydrogen-bond acceptors (Lipinski definition) is 4. The molecule has 0 spiro atoms. The smallest absolute Gasteiger partial charge is 0.258 e. The Bertz CT molecular complexity index is 1100. The van der Waals surface area contributed by atoms with E-state index < -0.39 is 0 Å². The lowest BCUT2D eigenvalue weighted by Crippen LogP contribution is -2.39. The van der Waals surface area contributed by atoms with Crippen LogP contribution in [0, 0.1) is 0 Å². The minimum absolute atomic E-state index is 0.126. The highest BCUT2D eigenvalue weighted by Crippen LogP contribution is 2.27. The average Bonchev–Trinajstić information content (AvgIpc) is 3.12. The summed E-state index contributed by atoms with van der Waals surface area (Å²) in [5.41, 5.74) is 1.65. The standard InChI is InChI=1S/C20H18Cl2N4O2/c21-13-6-7-16(15(22)10-13)24-20(28)17-4-3-8-25(17)12-14-11-19(27)26-9-2-1-5-18(26)23-14/h1-2,5-7,9-11,17H,3-4,8,12H2,(H,24,28)/t17-/m1/s1. The zero-order valence-corrected chi connectivity index (χ0v) is 16.5. The molecule has 3 aromatic rings. The van der Waals surface area contributed by atoms with Crippen molar-refractivity contribution >= 4 is 40.4 Å². The minimum atomic E-state index is -0.303. The van der Waals surface area contributed by atoms with Crippen molar-refractivity contribution in [1.82, 2.24) is 14.3 Å². The van der Waals surface area contributed by atoms with Crippen molar-refractivity contribution in [3.05, 3.63) is 74.8 Å². The molecule has 0 unspecified atom stereocenters. The van der Waals surface area contributed by atoms with Crippen molar-refractivity contribution in [2.45, 2.75) is 25.4 Å². The van der Waals surface area contributed by atoms with Crippen LogP contribution >= 0.6 is 23.2 Å². The number of likely N-dealkylation sites (tertiary alicyclic amines) is 1. The first-order chi connectivity index (χ1) is 13.5. The van der Waals surface area contributed by atoms with Crippen molar-refractivity contribution < 1.29 is 4.79 Å². The lowest BCUT2D eigenvalue weighted by atomic mass is 10.2. The molecule has 1 aromatic carbocycles. The van der Waals surface area contributed by atoms with E-state index in [1.807, 2.05) is 11.0 Å². The molecule has 6 nitrogen and oxygen atoms in total. The maximum absolute atomic E-state index is 12.8. The van der Waals surface area contributed by atoms with Crippen LogP contribution in [-0.4, -0.2) is 32.8 Å². The number of pyridine rings is 1. The second kappa shape index (κ2) is 7.91. The third kappa shape index (κ3) is 3.90. The van der Waals surface area contributed by atoms with Gasteiger partial charge in [0.15, 0.2) is 0 Å². The molecule has 0 radical (unpaired) electrons. The average molecular weight is 417 g/mol. The number of anilines is 1. The Kier molecular flexibility index (Phi) is 5.35. The largest absolute Gasteiger partial charge is 0.323 e. The number of aromatic nitrogens is 2. The SMILES string of the molecule is O=C(Nc1ccc(Cl)cc1Cl)[C@H]1CCCN1Cc1cc(=O)n2ccccc2n1. The Morgan fingerprint density at radius 1 is 1.21 bits per heavy atom. The van der Waals surface area contributed by atoms with Crippen LogP contribution in [-0.2, 0) is 11.3 Å². The molecule has 8 heteroatoms. The molecular formula is C20H18Cl2N4O2. The van der Waals surface area contributed by atoms with Crippen LogP contribution in [0.4, 0.5) is 5.69 Å². The van der Waals surface area contributed by atoms with Gasteiger partial charge in [0.25, 0.3) is 5.56 Å². The highest BCUT2D eigenvalue weighted by molar-refractivity contribution is 6.36. The summed E-state index contributed by atoms with van der Waals surface area (Å²) in [6, 6.07) is 11.6. The lowest BCUT2D eigenvalue weighted by Gasteiger charge is -2.23. The highest BCUT2D eigenvalue weighted by Gasteiger charge is 2.31. The van der Waals surface area contributed by atoms with E-state index >= 15 is 0 Å². The third-order valence-electron chi connectivity index (χ3n) is 4.84. The number of nitrogens with zero attached hydrogens (tertiary/aromatic N) is 3. The molecule has 0 saturated carbocycles. The summed E-state index contributed by atoms with van der Waals surface area (Å²) in [6.45, 7) is 1.20. The van der Waals surface area contributed by atoms with E-state index in [1.54, 1.807) is 36.5 Å². The summed E-state index contributed by atoms with van der Waals surface area (Å²) in [7, 11) is 0. The molecule has 1 atom stereocenters. The van der Waals surface area contributed by atoms with Crippen molar-refractivity contribution in [1.29, 1.82) is 0 Å². The molecule has 1 amide bonds. The number of amides is 1. The van der Waals surface area contributed by atoms with Crippen LogP contribution in [0.3, 0.4) is 0 Å². The number of carbonyl (C=O) groups is 1. The van der Waals surface area contributed by atoms with Gasteiger partial charge >= 0.3 is 0 Å². The third-order valence-corrected chi connectivity index (χ3v) is 5.39. The zero-order chi connectivity index (χ0) is 19.7. The lowest BCUT2D eigenvalue weighted by molar-refractivity contribution is -0.120. The van der Waals surface area contributed by atoms with Gasteiger partial charge in [0.2, 0.25) is 5.91 Å². The van der Waals surface area contributed by atoms with E-state index in [9.17, 15) is 9.59 Å². The molecule has 2 aromatic heterocycles. The van der Waals surface area contributed by atoms with E-state index in [1.165, 1.54) is 10.5 Å². The van der Waals surface area contributed by atoms with Gasteiger partial charge in [0, 0.05) is 23.8 Å². The van der Waals surface area contributed by atoms with E-state index in [2.05, 4.69) is 10.3 Å². The first-order valence-electron chi connectivity index (χ1n) is 8.98. The molecule has 1 fully saturated rings. The molecule has 0 bridgehead atoms. The van der Waals surface area contributed by atoms with Crippen LogP contribution in [0.25, 0.3) is 5.65 Å². The van der Waals surface area contributed by atoms with Crippen LogP contribution in [0.5, 0.6) is 0 Å². The number of halogens is 2. The molecule has 1 aliphatic heterocycles. The van der Waals surface area contributed by atoms with Crippen LogP contribution in [0.2, 0.25) is 10.0 Å². The van der Waals surface area contributed by atoms with E-state index in [4.69, 9.17) is 23.2 Å². The molecular weight excluding hydrogens is 399 g/mol. The number of rotatable bonds is 4. The Hall–Kier alpha value is -2.41. The van der Waals surface area contributed by atoms with Gasteiger partial charge in [-0.25, -0.2) is 4.98 Å². The van der Waals surface area contributed by atoms with Gasteiger partial charge < -0.3 is 5.32 Å². The van der Waals surface area contributed by atoms with Gasteiger partial charge in [-0.15, -0.1) is 0 Å². The van der Waals surface area contributed by atoms with Gasteiger partial charge in [0.1, 0.15) is 5.65 Å². The Labute approximate surface area is 171 Å². The van der Waals surface area contributed by atoms with Crippen molar-refractivity contribution in [3.8, 4) is 0 Å². The van der Waals surface area contributed by atoms with Gasteiger partial charge in [0.05, 0.1) is 22.4 Å². The first kappa shape index (κ1) is 18.9. The zero-order valence-electron chi connectivity index (χ0n) is 14.9. The number of carbonyl (C=O) groups excluding carboxylic acids is 1. The molecule has 3 heterocycles. The quantitative estimate of drug-likeness (QED) is 0.705. The van der Waals surface area contributed by atoms with E-state index in [0.29, 0.717) is 33.6 Å². The molecule has 4 rings (SSSR count). The normalized spacial score (nSPS) is 17.1. The van der Waals surface area contributed by atoms with Crippen molar-refractivity contribution in [2.75, 3.05) is 11.9 Å². The predicted octanol–water partition coefficient (Wildman–Crippen LogP) is 3.60. The Morgan fingerprint density at radius 3 is 2.89 bits per heavy atom. The minimum Gasteiger partial charge on any atom is -0.323 e. The predicted molar refractivity (Wildman–Crippen MR) is 110 cm³/mol. The van der Waals surface area contributed by atoms with Gasteiger partial charge in [-0.2, -0.15) is 0 Å². The number of fused-ring (bicyclic) bond motifs is 1. The van der Waals surface area contributed by atoms with Gasteiger partial charge in [-0.05, 0) is 49.7 Å². The van der Waals surface area contributed by atoms with Crippen molar-refractivity contribution in [3.63, 3.8) is 0 Å². The van der Waals surface area contributed by atoms with Gasteiger partial charge in [-0.1, -0.05) is 29.3 Å². The maximum atomic E-state index is 12.8. The Morgan fingerprint density at radius 2 is 2.07 bits per heavy atom. The van der Waals surface area contributed by atoms with Gasteiger partial charge in [-0.3, -0.25) is 18.9 Å². The second-order valence-electron chi connectivity index (χ2n) is 6.76. The van der Waals surface area contributed by atoms with Crippen molar-refractivity contribution in [2.24, 2.45) is 0 Å². The maximum Gasteiger partial charge on any atom is 0.258 e. The summed E-state index contributed by atoms with van der Waals surface area (Å²) in [6.07, 6.45) is 3.33. The summed E-state index contributed by atoms with van der Waals surface area (Å²) in [5, 5.41) is 3.79. The summed E-state index contributed by atoms with van der Waals surface area (Å²) < 4.78 is 1.50. The molecule has 0 aliphatic carbocycles. The monoisotopic (exact) mass is 416 g/mol. The molecule has 144 valence electrons. The van der Waals surface area contributed by atoms with E-state index in [-0.39, 0.29) is 17.5 Å². The van der Waals surface area contributed by atoms with Crippen LogP contribution < -0.4 is 10.9 Å². The summed E-state index contributed by atoms with van der Waals surface area (Å²) >= 11 is 12.1.